The zero-order chi connectivity index (χ0) is 20.6. The second-order valence-electron chi connectivity index (χ2n) is 6.73. The van der Waals surface area contributed by atoms with Crippen molar-refractivity contribution in [1.82, 2.24) is 4.98 Å². The molecule has 1 heterocycles. The minimum absolute atomic E-state index is 0.0518. The zero-order valence-electron chi connectivity index (χ0n) is 16.2. The van der Waals surface area contributed by atoms with E-state index in [0.29, 0.717) is 5.56 Å². The third-order valence-corrected chi connectivity index (χ3v) is 4.58. The van der Waals surface area contributed by atoms with Gasteiger partial charge in [0.05, 0.1) is 16.8 Å². The van der Waals surface area contributed by atoms with Crippen LogP contribution in [0.15, 0.2) is 60.8 Å². The van der Waals surface area contributed by atoms with Crippen molar-refractivity contribution in [2.45, 2.75) is 32.6 Å². The van der Waals surface area contributed by atoms with Crippen molar-refractivity contribution in [3.8, 4) is 23.1 Å². The van der Waals surface area contributed by atoms with Gasteiger partial charge in [0.1, 0.15) is 17.6 Å². The molecule has 0 radical (unpaired) electrons. The van der Waals surface area contributed by atoms with Crippen LogP contribution in [-0.2, 0) is 6.42 Å². The summed E-state index contributed by atoms with van der Waals surface area (Å²) >= 11 is 0. The van der Waals surface area contributed by atoms with E-state index in [-0.39, 0.29) is 11.3 Å². The number of benzene rings is 2. The van der Waals surface area contributed by atoms with Gasteiger partial charge in [-0.1, -0.05) is 38.0 Å². The number of esters is 1. The Morgan fingerprint density at radius 2 is 1.90 bits per heavy atom. The molecule has 0 saturated heterocycles. The van der Waals surface area contributed by atoms with Crippen LogP contribution in [0.5, 0.6) is 5.75 Å². The van der Waals surface area contributed by atoms with Gasteiger partial charge in [0.2, 0.25) is 0 Å². The van der Waals surface area contributed by atoms with Crippen molar-refractivity contribution in [3.63, 3.8) is 0 Å². The van der Waals surface area contributed by atoms with Gasteiger partial charge in [0.15, 0.2) is 0 Å². The fourth-order valence-corrected chi connectivity index (χ4v) is 2.92. The molecule has 0 unspecified atom stereocenters. The molecule has 1 aromatic heterocycles. The highest BCUT2D eigenvalue weighted by Gasteiger charge is 2.11. The third kappa shape index (κ3) is 5.26. The normalized spacial score (nSPS) is 10.4. The molecule has 0 spiro atoms. The highest BCUT2D eigenvalue weighted by molar-refractivity contribution is 5.91. The number of carbonyl (C=O) groups excluding carboxylic acids is 1. The summed E-state index contributed by atoms with van der Waals surface area (Å²) in [6.07, 6.45) is 6.50. The molecule has 4 nitrogen and oxygen atoms in total. The molecule has 3 aromatic rings. The van der Waals surface area contributed by atoms with Gasteiger partial charge in [-0.2, -0.15) is 5.26 Å². The van der Waals surface area contributed by atoms with E-state index >= 15 is 0 Å². The van der Waals surface area contributed by atoms with E-state index in [4.69, 9.17) is 10.00 Å². The summed E-state index contributed by atoms with van der Waals surface area (Å²) < 4.78 is 18.8. The van der Waals surface area contributed by atoms with E-state index in [1.54, 1.807) is 30.3 Å². The molecule has 0 aliphatic rings. The number of aryl methyl sites for hydroxylation is 1. The number of rotatable bonds is 7. The summed E-state index contributed by atoms with van der Waals surface area (Å²) in [4.78, 5) is 16.8. The van der Waals surface area contributed by atoms with Crippen molar-refractivity contribution >= 4 is 5.97 Å². The van der Waals surface area contributed by atoms with Crippen molar-refractivity contribution < 1.29 is 13.9 Å². The molecule has 2 aromatic carbocycles. The molecule has 0 atom stereocenters. The number of pyridine rings is 1. The Labute approximate surface area is 169 Å². The van der Waals surface area contributed by atoms with Crippen LogP contribution in [0.4, 0.5) is 4.39 Å². The first-order valence-electron chi connectivity index (χ1n) is 9.58. The van der Waals surface area contributed by atoms with Gasteiger partial charge in [-0.25, -0.2) is 9.18 Å². The van der Waals surface area contributed by atoms with Gasteiger partial charge in [0.25, 0.3) is 0 Å². The maximum absolute atomic E-state index is 13.6. The van der Waals surface area contributed by atoms with Crippen molar-refractivity contribution in [2.24, 2.45) is 0 Å². The third-order valence-electron chi connectivity index (χ3n) is 4.58. The number of hydrogen-bond donors (Lipinski definition) is 0. The fourth-order valence-electron chi connectivity index (χ4n) is 2.92. The molecule has 5 heteroatoms. The lowest BCUT2D eigenvalue weighted by Crippen LogP contribution is -2.08. The first-order chi connectivity index (χ1) is 14.1. The highest BCUT2D eigenvalue weighted by Crippen LogP contribution is 2.21. The maximum atomic E-state index is 13.6. The van der Waals surface area contributed by atoms with E-state index in [1.807, 2.05) is 12.3 Å². The number of hydrogen-bond acceptors (Lipinski definition) is 4. The predicted molar refractivity (Wildman–Crippen MR) is 109 cm³/mol. The van der Waals surface area contributed by atoms with E-state index < -0.39 is 11.8 Å². The summed E-state index contributed by atoms with van der Waals surface area (Å²) in [6, 6.07) is 16.4. The summed E-state index contributed by atoms with van der Waals surface area (Å²) in [5.74, 6) is -1.27. The number of nitrogens with zero attached hydrogens (tertiary/aromatic N) is 2. The molecule has 0 bridgehead atoms. The molecular formula is C24H21FN2O2. The molecule has 0 aliphatic heterocycles. The molecule has 146 valence electrons. The average molecular weight is 388 g/mol. The molecule has 0 saturated carbocycles. The summed E-state index contributed by atoms with van der Waals surface area (Å²) in [6.45, 7) is 2.18. The SMILES string of the molecule is CCCCCc1ccc(-c2ccc(C(=O)Oc3ccc(C#N)c(F)c3)cc2)nc1. The largest absolute Gasteiger partial charge is 0.423 e. The minimum Gasteiger partial charge on any atom is -0.423 e. The predicted octanol–water partition coefficient (Wildman–Crippen LogP) is 5.71. The van der Waals surface area contributed by atoms with Crippen LogP contribution >= 0.6 is 0 Å². The molecule has 0 aliphatic carbocycles. The lowest BCUT2D eigenvalue weighted by atomic mass is 10.1. The Kier molecular flexibility index (Phi) is 6.70. The van der Waals surface area contributed by atoms with Crippen molar-refractivity contribution in [3.05, 3.63) is 83.3 Å². The number of unbranched alkanes of at least 4 members (excludes halogenated alkanes) is 2. The van der Waals surface area contributed by atoms with Crippen LogP contribution in [0.2, 0.25) is 0 Å². The molecule has 29 heavy (non-hydrogen) atoms. The highest BCUT2D eigenvalue weighted by atomic mass is 19.1. The van der Waals surface area contributed by atoms with Gasteiger partial charge in [0, 0.05) is 17.8 Å². The van der Waals surface area contributed by atoms with Crippen LogP contribution in [0.3, 0.4) is 0 Å². The maximum Gasteiger partial charge on any atom is 0.343 e. The smallest absolute Gasteiger partial charge is 0.343 e. The standard InChI is InChI=1S/C24H21FN2O2/c1-2-3-4-5-17-6-13-23(27-16-17)18-7-9-19(10-8-18)24(28)29-21-12-11-20(15-26)22(25)14-21/h6-14,16H,2-5H2,1H3. The Balaban J connectivity index is 1.65. The summed E-state index contributed by atoms with van der Waals surface area (Å²) in [5, 5.41) is 8.75. The van der Waals surface area contributed by atoms with Gasteiger partial charge in [-0.3, -0.25) is 4.98 Å². The second-order valence-corrected chi connectivity index (χ2v) is 6.73. The van der Waals surface area contributed by atoms with Crippen molar-refractivity contribution in [1.29, 1.82) is 5.26 Å². The number of ether oxygens (including phenoxy) is 1. The Bertz CT molecular complexity index is 1020. The number of aromatic nitrogens is 1. The molecule has 0 fully saturated rings. The summed E-state index contributed by atoms with van der Waals surface area (Å²) in [7, 11) is 0. The number of halogens is 1. The molecule has 0 N–H and O–H groups in total. The monoisotopic (exact) mass is 388 g/mol. The number of nitriles is 1. The Morgan fingerprint density at radius 3 is 2.52 bits per heavy atom. The van der Waals surface area contributed by atoms with Crippen LogP contribution in [0.25, 0.3) is 11.3 Å². The first-order valence-corrected chi connectivity index (χ1v) is 9.58. The van der Waals surface area contributed by atoms with Crippen molar-refractivity contribution in [2.75, 3.05) is 0 Å². The first kappa shape index (κ1) is 20.2. The fraction of sp³-hybridized carbons (Fsp3) is 0.208. The molecular weight excluding hydrogens is 367 g/mol. The average Bonchev–Trinajstić information content (AvgIpc) is 2.75. The van der Waals surface area contributed by atoms with Gasteiger partial charge >= 0.3 is 5.97 Å². The van der Waals surface area contributed by atoms with E-state index in [2.05, 4.69) is 18.0 Å². The minimum atomic E-state index is -0.725. The lowest BCUT2D eigenvalue weighted by molar-refractivity contribution is 0.0734. The van der Waals surface area contributed by atoms with Gasteiger partial charge in [-0.15, -0.1) is 0 Å². The van der Waals surface area contributed by atoms with Gasteiger partial charge < -0.3 is 4.74 Å². The van der Waals surface area contributed by atoms with E-state index in [9.17, 15) is 9.18 Å². The lowest BCUT2D eigenvalue weighted by Gasteiger charge is -2.07. The number of carbonyl (C=O) groups is 1. The molecule has 0 amide bonds. The van der Waals surface area contributed by atoms with Crippen LogP contribution in [-0.4, -0.2) is 11.0 Å². The summed E-state index contributed by atoms with van der Waals surface area (Å²) in [5.41, 5.74) is 3.19. The van der Waals surface area contributed by atoms with Crippen LogP contribution in [0, 0.1) is 17.1 Å². The van der Waals surface area contributed by atoms with E-state index in [1.165, 1.54) is 30.5 Å². The Morgan fingerprint density at radius 1 is 1.10 bits per heavy atom. The Hall–Kier alpha value is -3.52. The van der Waals surface area contributed by atoms with E-state index in [0.717, 1.165) is 30.2 Å². The quantitative estimate of drug-likeness (QED) is 0.295. The zero-order valence-corrected chi connectivity index (χ0v) is 16.2. The van der Waals surface area contributed by atoms with Crippen LogP contribution in [0.1, 0.15) is 47.7 Å². The second kappa shape index (κ2) is 9.61. The van der Waals surface area contributed by atoms with Crippen LogP contribution < -0.4 is 4.74 Å². The molecule has 3 rings (SSSR count). The topological polar surface area (TPSA) is 63.0 Å². The van der Waals surface area contributed by atoms with Gasteiger partial charge in [-0.05, 0) is 48.7 Å².